The van der Waals surface area contributed by atoms with Crippen LogP contribution in [0.4, 0.5) is 0 Å². The third kappa shape index (κ3) is 9.88. The summed E-state index contributed by atoms with van der Waals surface area (Å²) in [6.45, 7) is 5.11. The van der Waals surface area contributed by atoms with E-state index in [1.54, 1.807) is 0 Å². The van der Waals surface area contributed by atoms with Gasteiger partial charge in [0.25, 0.3) is 0 Å². The van der Waals surface area contributed by atoms with Crippen LogP contribution < -0.4 is 10.6 Å². The largest absolute Gasteiger partial charge is 0.375 e. The highest BCUT2D eigenvalue weighted by molar-refractivity contribution is 14.0. The van der Waals surface area contributed by atoms with E-state index in [0.29, 0.717) is 32.1 Å². The molecule has 7 heteroatoms. The summed E-state index contributed by atoms with van der Waals surface area (Å²) >= 11 is 0. The lowest BCUT2D eigenvalue weighted by atomic mass is 10.2. The van der Waals surface area contributed by atoms with Crippen molar-refractivity contribution in [3.05, 3.63) is 66.2 Å². The van der Waals surface area contributed by atoms with Crippen LogP contribution in [0.5, 0.6) is 0 Å². The third-order valence-corrected chi connectivity index (χ3v) is 4.92. The van der Waals surface area contributed by atoms with Gasteiger partial charge in [-0.25, -0.2) is 0 Å². The number of guanidine groups is 1. The van der Waals surface area contributed by atoms with Crippen LogP contribution in [-0.2, 0) is 22.1 Å². The number of hydrogen-bond acceptors (Lipinski definition) is 3. The highest BCUT2D eigenvalue weighted by atomic mass is 127. The zero-order chi connectivity index (χ0) is 18.5. The van der Waals surface area contributed by atoms with Gasteiger partial charge < -0.3 is 15.4 Å². The van der Waals surface area contributed by atoms with Gasteiger partial charge in [0.15, 0.2) is 5.96 Å². The van der Waals surface area contributed by atoms with E-state index >= 15 is 0 Å². The van der Waals surface area contributed by atoms with Crippen molar-refractivity contribution in [3.63, 3.8) is 0 Å². The second-order valence-electron chi connectivity index (χ2n) is 5.59. The maximum atomic E-state index is 12.2. The van der Waals surface area contributed by atoms with Gasteiger partial charge in [-0.3, -0.25) is 9.20 Å². The molecule has 0 fully saturated rings. The molecular formula is C20H28IN3O2S. The van der Waals surface area contributed by atoms with Gasteiger partial charge in [0.05, 0.1) is 30.6 Å². The summed E-state index contributed by atoms with van der Waals surface area (Å²) in [5, 5.41) is 6.41. The summed E-state index contributed by atoms with van der Waals surface area (Å²) in [4.78, 5) is 5.34. The predicted molar refractivity (Wildman–Crippen MR) is 123 cm³/mol. The average Bonchev–Trinajstić information content (AvgIpc) is 2.69. The fraction of sp³-hybridized carbons (Fsp3) is 0.350. The Labute approximate surface area is 181 Å². The lowest BCUT2D eigenvalue weighted by molar-refractivity contribution is 0.128. The molecule has 0 saturated heterocycles. The average molecular weight is 501 g/mol. The first kappa shape index (κ1) is 23.6. The summed E-state index contributed by atoms with van der Waals surface area (Å²) in [7, 11) is -1.00. The van der Waals surface area contributed by atoms with E-state index in [2.05, 4.69) is 15.6 Å². The highest BCUT2D eigenvalue weighted by Crippen LogP contribution is 2.04. The van der Waals surface area contributed by atoms with Crippen LogP contribution in [0, 0.1) is 0 Å². The lowest BCUT2D eigenvalue weighted by Crippen LogP contribution is -2.39. The Balaban J connectivity index is 0.00000364. The molecular weight excluding hydrogens is 473 g/mol. The van der Waals surface area contributed by atoms with E-state index in [1.807, 2.05) is 67.6 Å². The number of aliphatic imine (C=N–C) groups is 1. The quantitative estimate of drug-likeness (QED) is 0.227. The Hall–Kier alpha value is -1.45. The zero-order valence-electron chi connectivity index (χ0n) is 15.6. The maximum absolute atomic E-state index is 12.2. The van der Waals surface area contributed by atoms with Crippen LogP contribution in [0.25, 0.3) is 0 Å². The van der Waals surface area contributed by atoms with Gasteiger partial charge in [-0.15, -0.1) is 24.0 Å². The zero-order valence-corrected chi connectivity index (χ0v) is 18.7. The number of nitrogens with zero attached hydrogens (tertiary/aromatic N) is 1. The lowest BCUT2D eigenvalue weighted by Gasteiger charge is -2.11. The molecule has 0 aliphatic carbocycles. The fourth-order valence-electron chi connectivity index (χ4n) is 2.28. The highest BCUT2D eigenvalue weighted by Gasteiger charge is 2.03. The summed E-state index contributed by atoms with van der Waals surface area (Å²) in [5.74, 6) is 1.26. The van der Waals surface area contributed by atoms with Crippen molar-refractivity contribution in [2.24, 2.45) is 4.99 Å². The van der Waals surface area contributed by atoms with E-state index in [4.69, 9.17) is 4.74 Å². The standard InChI is InChI=1S/C20H27N3O2S.HI/c1-2-21-20(22-13-15-25-17-18-9-5-3-6-10-18)23-14-16-26(24)19-11-7-4-8-12-19;/h3-12H,2,13-17H2,1H3,(H2,21,22,23);1H. The van der Waals surface area contributed by atoms with E-state index < -0.39 is 10.8 Å². The summed E-state index contributed by atoms with van der Waals surface area (Å²) < 4.78 is 17.8. The molecule has 2 rings (SSSR count). The first-order chi connectivity index (χ1) is 12.8. The van der Waals surface area contributed by atoms with Crippen LogP contribution in [0.15, 0.2) is 70.6 Å². The SMILES string of the molecule is CCNC(=NCCOCc1ccccc1)NCCS(=O)c1ccccc1.I. The molecule has 1 atom stereocenters. The van der Waals surface area contributed by atoms with Gasteiger partial charge in [0.1, 0.15) is 0 Å². The van der Waals surface area contributed by atoms with Crippen molar-refractivity contribution in [3.8, 4) is 0 Å². The topological polar surface area (TPSA) is 62.7 Å². The first-order valence-electron chi connectivity index (χ1n) is 8.87. The molecule has 2 N–H and O–H groups in total. The number of hydrogen-bond donors (Lipinski definition) is 2. The minimum atomic E-state index is -1.00. The molecule has 2 aromatic rings. The molecule has 0 spiro atoms. The molecule has 148 valence electrons. The molecule has 2 aromatic carbocycles. The van der Waals surface area contributed by atoms with E-state index in [1.165, 1.54) is 0 Å². The number of benzene rings is 2. The van der Waals surface area contributed by atoms with Crippen molar-refractivity contribution in [2.45, 2.75) is 18.4 Å². The number of ether oxygens (including phenoxy) is 1. The van der Waals surface area contributed by atoms with Gasteiger partial charge in [-0.2, -0.15) is 0 Å². The maximum Gasteiger partial charge on any atom is 0.191 e. The molecule has 0 aliphatic heterocycles. The monoisotopic (exact) mass is 501 g/mol. The molecule has 1 unspecified atom stereocenters. The van der Waals surface area contributed by atoms with Crippen molar-refractivity contribution in [1.82, 2.24) is 10.6 Å². The molecule has 27 heavy (non-hydrogen) atoms. The van der Waals surface area contributed by atoms with Crippen molar-refractivity contribution in [2.75, 3.05) is 32.0 Å². The fourth-order valence-corrected chi connectivity index (χ4v) is 3.26. The van der Waals surface area contributed by atoms with Gasteiger partial charge in [0, 0.05) is 23.7 Å². The third-order valence-electron chi connectivity index (χ3n) is 3.55. The summed E-state index contributed by atoms with van der Waals surface area (Å²) in [5.41, 5.74) is 1.16. The molecule has 0 aliphatic rings. The minimum Gasteiger partial charge on any atom is -0.375 e. The van der Waals surface area contributed by atoms with E-state index in [-0.39, 0.29) is 24.0 Å². The summed E-state index contributed by atoms with van der Waals surface area (Å²) in [6.07, 6.45) is 0. The molecule has 0 aromatic heterocycles. The van der Waals surface area contributed by atoms with Crippen LogP contribution in [0.3, 0.4) is 0 Å². The minimum absolute atomic E-state index is 0. The normalized spacial score (nSPS) is 12.1. The summed E-state index contributed by atoms with van der Waals surface area (Å²) in [6, 6.07) is 19.6. The van der Waals surface area contributed by atoms with Gasteiger partial charge in [0.2, 0.25) is 0 Å². The van der Waals surface area contributed by atoms with Crippen molar-refractivity contribution < 1.29 is 8.95 Å². The Morgan fingerprint density at radius 2 is 1.70 bits per heavy atom. The van der Waals surface area contributed by atoms with Gasteiger partial charge >= 0.3 is 0 Å². The van der Waals surface area contributed by atoms with Gasteiger partial charge in [-0.05, 0) is 24.6 Å². The molecule has 0 bridgehead atoms. The van der Waals surface area contributed by atoms with E-state index in [0.717, 1.165) is 23.0 Å². The van der Waals surface area contributed by atoms with Crippen LogP contribution in [-0.4, -0.2) is 42.2 Å². The smallest absolute Gasteiger partial charge is 0.191 e. The van der Waals surface area contributed by atoms with Crippen molar-refractivity contribution in [1.29, 1.82) is 0 Å². The molecule has 0 radical (unpaired) electrons. The van der Waals surface area contributed by atoms with Crippen LogP contribution in [0.1, 0.15) is 12.5 Å². The molecule has 0 saturated carbocycles. The molecule has 0 amide bonds. The van der Waals surface area contributed by atoms with Crippen LogP contribution in [0.2, 0.25) is 0 Å². The van der Waals surface area contributed by atoms with E-state index in [9.17, 15) is 4.21 Å². The second-order valence-corrected chi connectivity index (χ2v) is 7.16. The molecule has 5 nitrogen and oxygen atoms in total. The number of rotatable bonds is 10. The first-order valence-corrected chi connectivity index (χ1v) is 10.2. The van der Waals surface area contributed by atoms with Crippen molar-refractivity contribution >= 4 is 40.7 Å². The Morgan fingerprint density at radius 1 is 1.04 bits per heavy atom. The number of nitrogens with one attached hydrogen (secondary N) is 2. The van der Waals surface area contributed by atoms with Crippen LogP contribution >= 0.6 is 24.0 Å². The number of halogens is 1. The Morgan fingerprint density at radius 3 is 2.37 bits per heavy atom. The Kier molecular flexibility index (Phi) is 12.7. The Bertz CT molecular complexity index is 684. The second kappa shape index (κ2) is 14.6. The van der Waals surface area contributed by atoms with Gasteiger partial charge in [-0.1, -0.05) is 48.5 Å². The molecule has 0 heterocycles. The predicted octanol–water partition coefficient (Wildman–Crippen LogP) is 3.18.